The Kier molecular flexibility index (Phi) is 12.0. The van der Waals surface area contributed by atoms with Crippen molar-refractivity contribution in [2.24, 2.45) is 5.73 Å². The zero-order valence-corrected chi connectivity index (χ0v) is 26.7. The normalized spacial score (nSPS) is 13.0. The lowest BCUT2D eigenvalue weighted by Crippen LogP contribution is -2.55. The number of ether oxygens (including phenoxy) is 1. The molecule has 4 amide bonds. The molecule has 4 aromatic carbocycles. The van der Waals surface area contributed by atoms with Crippen molar-refractivity contribution in [2.75, 3.05) is 12.4 Å². The van der Waals surface area contributed by atoms with Gasteiger partial charge in [-0.3, -0.25) is 19.2 Å². The maximum atomic E-state index is 14.1. The molecule has 0 saturated carbocycles. The summed E-state index contributed by atoms with van der Waals surface area (Å²) in [6.07, 6.45) is -0.401. The maximum Gasteiger partial charge on any atom is 0.247 e. The average molecular weight is 636 g/mol. The first-order valence-electron chi connectivity index (χ1n) is 15.4. The SMILES string of the molecule is COCc1ccc(NC(=O)[C@H](CC(=O)NC(c2ccccc2)(c2ccccc2)c2ccccc2)NC(=O)[C@H](C)NC(=O)[C@H](C)N)cc1. The van der Waals surface area contributed by atoms with Gasteiger partial charge >= 0.3 is 0 Å². The molecule has 244 valence electrons. The molecule has 4 rings (SSSR count). The molecule has 0 spiro atoms. The minimum atomic E-state index is -1.30. The van der Waals surface area contributed by atoms with E-state index in [9.17, 15) is 19.2 Å². The minimum Gasteiger partial charge on any atom is -0.380 e. The van der Waals surface area contributed by atoms with Crippen LogP contribution in [0.25, 0.3) is 0 Å². The molecule has 0 aliphatic heterocycles. The van der Waals surface area contributed by atoms with Crippen LogP contribution in [0.2, 0.25) is 0 Å². The summed E-state index contributed by atoms with van der Waals surface area (Å²) in [5, 5.41) is 11.2. The number of amides is 4. The van der Waals surface area contributed by atoms with Crippen LogP contribution in [-0.2, 0) is 36.1 Å². The average Bonchev–Trinajstić information content (AvgIpc) is 3.09. The first kappa shape index (κ1) is 34.6. The molecule has 0 saturated heterocycles. The number of carbonyl (C=O) groups is 4. The van der Waals surface area contributed by atoms with Gasteiger partial charge in [-0.1, -0.05) is 103 Å². The second kappa shape index (κ2) is 16.3. The zero-order chi connectivity index (χ0) is 33.8. The first-order valence-corrected chi connectivity index (χ1v) is 15.4. The molecule has 0 heterocycles. The van der Waals surface area contributed by atoms with Crippen LogP contribution in [0.5, 0.6) is 0 Å². The van der Waals surface area contributed by atoms with Gasteiger partial charge in [0.1, 0.15) is 17.6 Å². The summed E-state index contributed by atoms with van der Waals surface area (Å²) in [5.74, 6) is -2.28. The Bertz CT molecular complexity index is 1530. The van der Waals surface area contributed by atoms with Crippen LogP contribution in [-0.4, -0.2) is 48.9 Å². The largest absolute Gasteiger partial charge is 0.380 e. The number of rotatable bonds is 14. The number of hydrogen-bond donors (Lipinski definition) is 5. The topological polar surface area (TPSA) is 152 Å². The molecule has 10 heteroatoms. The monoisotopic (exact) mass is 635 g/mol. The highest BCUT2D eigenvalue weighted by molar-refractivity contribution is 6.01. The standard InChI is InChI=1S/C37H41N5O5/c1-25(38)34(44)39-26(2)35(45)41-32(36(46)40-31-21-19-27(20-22-31)24-47-3)23-33(43)42-37(28-13-7-4-8-14-28,29-15-9-5-10-16-29)30-17-11-6-12-18-30/h4-22,25-26,32H,23-24,38H2,1-3H3,(H,39,44)(H,40,46)(H,41,45)(H,42,43)/t25-,26-,32-/m0/s1. The van der Waals surface area contributed by atoms with Gasteiger partial charge in [-0.05, 0) is 48.2 Å². The van der Waals surface area contributed by atoms with Crippen LogP contribution in [0, 0.1) is 0 Å². The Hall–Kier alpha value is -5.32. The van der Waals surface area contributed by atoms with E-state index in [-0.39, 0.29) is 0 Å². The van der Waals surface area contributed by atoms with Crippen molar-refractivity contribution in [2.45, 2.75) is 50.5 Å². The molecule has 0 fully saturated rings. The van der Waals surface area contributed by atoms with Crippen LogP contribution < -0.4 is 27.0 Å². The fourth-order valence-corrected chi connectivity index (χ4v) is 5.22. The van der Waals surface area contributed by atoms with Crippen LogP contribution in [0.4, 0.5) is 5.69 Å². The smallest absolute Gasteiger partial charge is 0.247 e. The highest BCUT2D eigenvalue weighted by Gasteiger charge is 2.39. The predicted octanol–water partition coefficient (Wildman–Crippen LogP) is 3.61. The van der Waals surface area contributed by atoms with Gasteiger partial charge in [0.2, 0.25) is 23.6 Å². The summed E-state index contributed by atoms with van der Waals surface area (Å²) in [6.45, 7) is 3.38. The lowest BCUT2D eigenvalue weighted by atomic mass is 9.77. The predicted molar refractivity (Wildman–Crippen MR) is 181 cm³/mol. The molecule has 4 aromatic rings. The van der Waals surface area contributed by atoms with Gasteiger partial charge in [0.05, 0.1) is 19.1 Å². The van der Waals surface area contributed by atoms with Gasteiger partial charge in [0.15, 0.2) is 0 Å². The molecule has 0 aliphatic carbocycles. The Morgan fingerprint density at radius 3 is 1.62 bits per heavy atom. The summed E-state index contributed by atoms with van der Waals surface area (Å²) in [6, 6.07) is 32.6. The minimum absolute atomic E-state index is 0.401. The van der Waals surface area contributed by atoms with Crippen molar-refractivity contribution in [1.29, 1.82) is 0 Å². The molecule has 3 atom stereocenters. The van der Waals surface area contributed by atoms with E-state index in [0.29, 0.717) is 12.3 Å². The number of anilines is 1. The van der Waals surface area contributed by atoms with Crippen molar-refractivity contribution in [3.63, 3.8) is 0 Å². The molecule has 10 nitrogen and oxygen atoms in total. The van der Waals surface area contributed by atoms with Crippen molar-refractivity contribution >= 4 is 29.3 Å². The lowest BCUT2D eigenvalue weighted by molar-refractivity contribution is -0.132. The van der Waals surface area contributed by atoms with Crippen molar-refractivity contribution < 1.29 is 23.9 Å². The second-order valence-corrected chi connectivity index (χ2v) is 11.3. The third-order valence-electron chi connectivity index (χ3n) is 7.67. The number of hydrogen-bond acceptors (Lipinski definition) is 6. The van der Waals surface area contributed by atoms with Gasteiger partial charge in [-0.2, -0.15) is 0 Å². The highest BCUT2D eigenvalue weighted by Crippen LogP contribution is 2.37. The van der Waals surface area contributed by atoms with Crippen molar-refractivity contribution in [3.05, 3.63) is 138 Å². The Morgan fingerprint density at radius 2 is 1.17 bits per heavy atom. The number of carbonyl (C=O) groups excluding carboxylic acids is 4. The molecular formula is C37H41N5O5. The summed E-state index contributed by atoms with van der Waals surface area (Å²) < 4.78 is 5.16. The molecule has 0 bridgehead atoms. The van der Waals surface area contributed by atoms with E-state index in [1.807, 2.05) is 91.0 Å². The highest BCUT2D eigenvalue weighted by atomic mass is 16.5. The van der Waals surface area contributed by atoms with Crippen LogP contribution in [0.1, 0.15) is 42.5 Å². The molecule has 47 heavy (non-hydrogen) atoms. The van der Waals surface area contributed by atoms with Gasteiger partial charge in [-0.15, -0.1) is 0 Å². The van der Waals surface area contributed by atoms with E-state index >= 15 is 0 Å². The third kappa shape index (κ3) is 8.90. The van der Waals surface area contributed by atoms with E-state index in [2.05, 4.69) is 21.3 Å². The maximum absolute atomic E-state index is 14.1. The van der Waals surface area contributed by atoms with E-state index in [4.69, 9.17) is 10.5 Å². The zero-order valence-electron chi connectivity index (χ0n) is 26.7. The number of nitrogens with two attached hydrogens (primary N) is 1. The van der Waals surface area contributed by atoms with Gasteiger partial charge in [0, 0.05) is 12.8 Å². The summed E-state index contributed by atoms with van der Waals surface area (Å²) >= 11 is 0. The summed E-state index contributed by atoms with van der Waals surface area (Å²) in [7, 11) is 1.59. The number of methoxy groups -OCH3 is 1. The van der Waals surface area contributed by atoms with Crippen LogP contribution in [0.15, 0.2) is 115 Å². The molecule has 0 unspecified atom stereocenters. The van der Waals surface area contributed by atoms with Crippen LogP contribution in [0.3, 0.4) is 0 Å². The van der Waals surface area contributed by atoms with E-state index in [1.54, 1.807) is 31.4 Å². The van der Waals surface area contributed by atoms with Crippen molar-refractivity contribution in [1.82, 2.24) is 16.0 Å². The number of nitrogens with one attached hydrogen (secondary N) is 4. The second-order valence-electron chi connectivity index (χ2n) is 11.3. The Balaban J connectivity index is 1.67. The molecule has 0 radical (unpaired) electrons. The fourth-order valence-electron chi connectivity index (χ4n) is 5.22. The Morgan fingerprint density at radius 1 is 0.681 bits per heavy atom. The lowest BCUT2D eigenvalue weighted by Gasteiger charge is -2.37. The summed E-state index contributed by atoms with van der Waals surface area (Å²) in [5.41, 5.74) is 8.32. The molecular weight excluding hydrogens is 594 g/mol. The summed E-state index contributed by atoms with van der Waals surface area (Å²) in [4.78, 5) is 53.2. The third-order valence-corrected chi connectivity index (χ3v) is 7.67. The molecule has 6 N–H and O–H groups in total. The fraction of sp³-hybridized carbons (Fsp3) is 0.243. The Labute approximate surface area is 275 Å². The van der Waals surface area contributed by atoms with Crippen molar-refractivity contribution in [3.8, 4) is 0 Å². The quantitative estimate of drug-likeness (QED) is 0.134. The first-order chi connectivity index (χ1) is 22.6. The molecule has 0 aliphatic rings. The number of benzene rings is 4. The van der Waals surface area contributed by atoms with Crippen LogP contribution >= 0.6 is 0 Å². The van der Waals surface area contributed by atoms with E-state index < -0.39 is 53.7 Å². The van der Waals surface area contributed by atoms with Gasteiger partial charge < -0.3 is 31.7 Å². The van der Waals surface area contributed by atoms with Gasteiger partial charge in [-0.25, -0.2) is 0 Å². The van der Waals surface area contributed by atoms with E-state index in [1.165, 1.54) is 13.8 Å². The van der Waals surface area contributed by atoms with E-state index in [0.717, 1.165) is 22.3 Å². The van der Waals surface area contributed by atoms with Gasteiger partial charge in [0.25, 0.3) is 0 Å². The molecule has 0 aromatic heterocycles.